The topological polar surface area (TPSA) is 51.9 Å². The minimum atomic E-state index is -0.147. The number of amides is 1. The molecule has 0 aliphatic heterocycles. The van der Waals surface area contributed by atoms with Crippen LogP contribution < -0.4 is 5.32 Å². The maximum atomic E-state index is 12.7. The molecule has 0 atom stereocenters. The van der Waals surface area contributed by atoms with Gasteiger partial charge in [0.15, 0.2) is 0 Å². The van der Waals surface area contributed by atoms with Gasteiger partial charge in [0.2, 0.25) is 0 Å². The van der Waals surface area contributed by atoms with E-state index in [1.165, 1.54) is 0 Å². The van der Waals surface area contributed by atoms with Crippen LogP contribution in [0.5, 0.6) is 0 Å². The standard InChI is InChI=1S/C21H21ClN4O/c1-14-24-16-9-4-6-11-18(16)26(14)13-7-12-23-21(27)20-19(22)15-8-3-5-10-17(15)25(20)2/h3-6,8-11H,7,12-13H2,1-2H3,(H,23,27). The van der Waals surface area contributed by atoms with E-state index in [2.05, 4.69) is 20.9 Å². The van der Waals surface area contributed by atoms with Gasteiger partial charge in [0.1, 0.15) is 11.5 Å². The SMILES string of the molecule is Cc1nc2ccccc2n1CCCNC(=O)c1c(Cl)c2ccccc2n1C. The van der Waals surface area contributed by atoms with Crippen LogP contribution in [0.25, 0.3) is 21.9 Å². The summed E-state index contributed by atoms with van der Waals surface area (Å²) >= 11 is 6.44. The maximum absolute atomic E-state index is 12.7. The molecule has 0 unspecified atom stereocenters. The molecule has 1 amide bonds. The second kappa shape index (κ2) is 7.08. The highest BCUT2D eigenvalue weighted by Crippen LogP contribution is 2.29. The van der Waals surface area contributed by atoms with Gasteiger partial charge in [0, 0.05) is 31.0 Å². The van der Waals surface area contributed by atoms with E-state index < -0.39 is 0 Å². The Morgan fingerprint density at radius 1 is 1.11 bits per heavy atom. The zero-order valence-electron chi connectivity index (χ0n) is 15.4. The number of halogens is 1. The minimum absolute atomic E-state index is 0.147. The fraction of sp³-hybridized carbons (Fsp3) is 0.238. The average Bonchev–Trinajstić information content (AvgIpc) is 3.13. The molecule has 27 heavy (non-hydrogen) atoms. The van der Waals surface area contributed by atoms with Crippen LogP contribution in [0.1, 0.15) is 22.7 Å². The van der Waals surface area contributed by atoms with Crippen LogP contribution in [0.2, 0.25) is 5.02 Å². The molecular formula is C21H21ClN4O. The first-order valence-corrected chi connectivity index (χ1v) is 9.38. The van der Waals surface area contributed by atoms with E-state index in [0.717, 1.165) is 40.7 Å². The Labute approximate surface area is 162 Å². The molecule has 6 heteroatoms. The molecule has 0 saturated carbocycles. The highest BCUT2D eigenvalue weighted by atomic mass is 35.5. The van der Waals surface area contributed by atoms with Crippen molar-refractivity contribution in [1.29, 1.82) is 0 Å². The summed E-state index contributed by atoms with van der Waals surface area (Å²) in [7, 11) is 1.87. The van der Waals surface area contributed by atoms with Gasteiger partial charge in [-0.1, -0.05) is 41.9 Å². The number of hydrogen-bond donors (Lipinski definition) is 1. The van der Waals surface area contributed by atoms with E-state index in [4.69, 9.17) is 11.6 Å². The van der Waals surface area contributed by atoms with Gasteiger partial charge in [-0.3, -0.25) is 4.79 Å². The van der Waals surface area contributed by atoms with Crippen molar-refractivity contribution in [3.05, 3.63) is 65.1 Å². The average molecular weight is 381 g/mol. The number of para-hydroxylation sites is 3. The second-order valence-electron chi connectivity index (χ2n) is 6.65. The summed E-state index contributed by atoms with van der Waals surface area (Å²) in [6, 6.07) is 15.9. The number of fused-ring (bicyclic) bond motifs is 2. The van der Waals surface area contributed by atoms with E-state index >= 15 is 0 Å². The monoisotopic (exact) mass is 380 g/mol. The van der Waals surface area contributed by atoms with Crippen molar-refractivity contribution in [1.82, 2.24) is 19.4 Å². The van der Waals surface area contributed by atoms with Crippen LogP contribution in [0.15, 0.2) is 48.5 Å². The molecule has 4 aromatic rings. The summed E-state index contributed by atoms with van der Waals surface area (Å²) in [5.41, 5.74) is 3.58. The summed E-state index contributed by atoms with van der Waals surface area (Å²) in [6.07, 6.45) is 0.814. The number of nitrogens with one attached hydrogen (secondary N) is 1. The van der Waals surface area contributed by atoms with E-state index in [-0.39, 0.29) is 5.91 Å². The quantitative estimate of drug-likeness (QED) is 0.524. The summed E-state index contributed by atoms with van der Waals surface area (Å²) in [6.45, 7) is 3.38. The van der Waals surface area contributed by atoms with Gasteiger partial charge in [-0.15, -0.1) is 0 Å². The predicted molar refractivity (Wildman–Crippen MR) is 109 cm³/mol. The fourth-order valence-corrected chi connectivity index (χ4v) is 3.97. The molecule has 4 rings (SSSR count). The number of benzene rings is 2. The summed E-state index contributed by atoms with van der Waals surface area (Å²) < 4.78 is 4.03. The van der Waals surface area contributed by atoms with Crippen LogP contribution >= 0.6 is 11.6 Å². The number of rotatable bonds is 5. The number of hydrogen-bond acceptors (Lipinski definition) is 2. The van der Waals surface area contributed by atoms with Crippen molar-refractivity contribution in [2.75, 3.05) is 6.54 Å². The molecule has 0 aliphatic carbocycles. The van der Waals surface area contributed by atoms with Crippen LogP contribution in [0.4, 0.5) is 0 Å². The van der Waals surface area contributed by atoms with Gasteiger partial charge in [-0.2, -0.15) is 0 Å². The maximum Gasteiger partial charge on any atom is 0.269 e. The van der Waals surface area contributed by atoms with Crippen molar-refractivity contribution in [3.8, 4) is 0 Å². The molecule has 0 saturated heterocycles. The summed E-state index contributed by atoms with van der Waals surface area (Å²) in [5, 5.41) is 4.39. The van der Waals surface area contributed by atoms with E-state index in [0.29, 0.717) is 17.3 Å². The Morgan fingerprint density at radius 2 is 1.81 bits per heavy atom. The van der Waals surface area contributed by atoms with Crippen molar-refractivity contribution in [3.63, 3.8) is 0 Å². The highest BCUT2D eigenvalue weighted by molar-refractivity contribution is 6.38. The van der Waals surface area contributed by atoms with E-state index in [1.807, 2.05) is 61.0 Å². The van der Waals surface area contributed by atoms with Crippen molar-refractivity contribution >= 4 is 39.4 Å². The number of aryl methyl sites for hydroxylation is 3. The lowest BCUT2D eigenvalue weighted by Crippen LogP contribution is -2.27. The largest absolute Gasteiger partial charge is 0.351 e. The van der Waals surface area contributed by atoms with Crippen molar-refractivity contribution in [2.24, 2.45) is 7.05 Å². The molecule has 2 heterocycles. The highest BCUT2D eigenvalue weighted by Gasteiger charge is 2.19. The Balaban J connectivity index is 1.44. The Kier molecular flexibility index (Phi) is 4.62. The van der Waals surface area contributed by atoms with Gasteiger partial charge in [0.25, 0.3) is 5.91 Å². The molecule has 2 aromatic carbocycles. The number of carbonyl (C=O) groups is 1. The molecule has 1 N–H and O–H groups in total. The predicted octanol–water partition coefficient (Wildman–Crippen LogP) is 4.31. The molecule has 0 radical (unpaired) electrons. The Bertz CT molecular complexity index is 1100. The van der Waals surface area contributed by atoms with Gasteiger partial charge in [-0.05, 0) is 31.5 Å². The smallest absolute Gasteiger partial charge is 0.269 e. The first-order valence-electron chi connectivity index (χ1n) is 9.01. The number of nitrogens with zero attached hydrogens (tertiary/aromatic N) is 3. The molecule has 138 valence electrons. The van der Waals surface area contributed by atoms with Gasteiger partial charge >= 0.3 is 0 Å². The normalized spacial score (nSPS) is 11.4. The number of carbonyl (C=O) groups excluding carboxylic acids is 1. The fourth-order valence-electron chi connectivity index (χ4n) is 3.60. The Morgan fingerprint density at radius 3 is 2.59 bits per heavy atom. The van der Waals surface area contributed by atoms with Crippen molar-refractivity contribution in [2.45, 2.75) is 19.9 Å². The molecule has 0 fully saturated rings. The summed E-state index contributed by atoms with van der Waals surface area (Å²) in [4.78, 5) is 17.2. The third-order valence-corrected chi connectivity index (χ3v) is 5.33. The van der Waals surface area contributed by atoms with Crippen LogP contribution in [0, 0.1) is 6.92 Å². The zero-order chi connectivity index (χ0) is 19.0. The molecule has 0 spiro atoms. The lowest BCUT2D eigenvalue weighted by atomic mass is 10.2. The van der Waals surface area contributed by atoms with Crippen LogP contribution in [-0.2, 0) is 13.6 Å². The third kappa shape index (κ3) is 3.08. The zero-order valence-corrected chi connectivity index (χ0v) is 16.1. The van der Waals surface area contributed by atoms with Crippen LogP contribution in [-0.4, -0.2) is 26.6 Å². The number of imidazole rings is 1. The molecular weight excluding hydrogens is 360 g/mol. The molecule has 0 bridgehead atoms. The molecule has 2 aromatic heterocycles. The Hall–Kier alpha value is -2.79. The van der Waals surface area contributed by atoms with Crippen LogP contribution in [0.3, 0.4) is 0 Å². The van der Waals surface area contributed by atoms with Gasteiger partial charge in [-0.25, -0.2) is 4.98 Å². The minimum Gasteiger partial charge on any atom is -0.351 e. The molecule has 0 aliphatic rings. The first kappa shape index (κ1) is 17.6. The second-order valence-corrected chi connectivity index (χ2v) is 7.03. The lowest BCUT2D eigenvalue weighted by Gasteiger charge is -2.09. The molecule has 5 nitrogen and oxygen atoms in total. The van der Waals surface area contributed by atoms with Gasteiger partial charge in [0.05, 0.1) is 16.1 Å². The first-order chi connectivity index (χ1) is 13.1. The van der Waals surface area contributed by atoms with Crippen molar-refractivity contribution < 1.29 is 4.79 Å². The van der Waals surface area contributed by atoms with E-state index in [9.17, 15) is 4.79 Å². The third-order valence-electron chi connectivity index (χ3n) is 4.95. The summed E-state index contributed by atoms with van der Waals surface area (Å²) in [5.74, 6) is 0.838. The van der Waals surface area contributed by atoms with E-state index in [1.54, 1.807) is 0 Å². The van der Waals surface area contributed by atoms with Gasteiger partial charge < -0.3 is 14.5 Å². The lowest BCUT2D eigenvalue weighted by molar-refractivity contribution is 0.0945. The number of aromatic nitrogens is 3.